The van der Waals surface area contributed by atoms with Gasteiger partial charge in [-0.15, -0.1) is 0 Å². The van der Waals surface area contributed by atoms with E-state index < -0.39 is 18.0 Å². The number of carbonyl (C=O) groups excluding carboxylic acids is 2. The highest BCUT2D eigenvalue weighted by Gasteiger charge is 2.21. The van der Waals surface area contributed by atoms with Gasteiger partial charge in [0.25, 0.3) is 0 Å². The molecule has 0 saturated heterocycles. The smallest absolute Gasteiger partial charge is 0.328 e. The van der Waals surface area contributed by atoms with E-state index in [1.165, 1.54) is 14.2 Å². The van der Waals surface area contributed by atoms with E-state index in [0.29, 0.717) is 11.4 Å². The van der Waals surface area contributed by atoms with Gasteiger partial charge in [-0.25, -0.2) is 4.79 Å². The number of methoxy groups -OCH3 is 2. The molecule has 1 heterocycles. The molecule has 1 atom stereocenters. The lowest BCUT2D eigenvalue weighted by Gasteiger charge is -2.17. The van der Waals surface area contributed by atoms with Crippen LogP contribution in [0.25, 0.3) is 0 Å². The van der Waals surface area contributed by atoms with Crippen LogP contribution in [-0.2, 0) is 19.1 Å². The van der Waals surface area contributed by atoms with Crippen LogP contribution in [0.3, 0.4) is 0 Å². The van der Waals surface area contributed by atoms with Gasteiger partial charge in [0, 0.05) is 12.6 Å². The quantitative estimate of drug-likeness (QED) is 0.321. The minimum atomic E-state index is -0.778. The fourth-order valence-corrected chi connectivity index (χ4v) is 1.90. The van der Waals surface area contributed by atoms with Gasteiger partial charge in [0.15, 0.2) is 5.11 Å². The molecule has 0 saturated carbocycles. The Morgan fingerprint density at radius 2 is 2.08 bits per heavy atom. The van der Waals surface area contributed by atoms with Gasteiger partial charge < -0.3 is 14.8 Å². The summed E-state index contributed by atoms with van der Waals surface area (Å²) in [5.41, 5.74) is 3.96. The molecule has 0 aliphatic rings. The van der Waals surface area contributed by atoms with Crippen molar-refractivity contribution in [3.63, 3.8) is 0 Å². The summed E-state index contributed by atoms with van der Waals surface area (Å²) in [7, 11) is 2.54. The fraction of sp³-hybridized carbons (Fsp3) is 0.400. The molecule has 0 aliphatic carbocycles. The lowest BCUT2D eigenvalue weighted by molar-refractivity contribution is -0.144. The molecular weight excluding hydrogens is 332 g/mol. The normalized spacial score (nSPS) is 12.0. The van der Waals surface area contributed by atoms with Crippen LogP contribution in [-0.4, -0.2) is 48.0 Å². The largest absolute Gasteiger partial charge is 0.469 e. The molecule has 24 heavy (non-hydrogen) atoms. The minimum absolute atomic E-state index is 0.0576. The van der Waals surface area contributed by atoms with Gasteiger partial charge in [-0.1, -0.05) is 6.07 Å². The van der Waals surface area contributed by atoms with E-state index in [1.807, 2.05) is 12.1 Å². The van der Waals surface area contributed by atoms with Gasteiger partial charge in [0.1, 0.15) is 6.04 Å². The van der Waals surface area contributed by atoms with Crippen molar-refractivity contribution < 1.29 is 19.1 Å². The zero-order chi connectivity index (χ0) is 17.9. The summed E-state index contributed by atoms with van der Waals surface area (Å²) in [6.45, 7) is 1.77. The van der Waals surface area contributed by atoms with E-state index in [2.05, 4.69) is 30.3 Å². The Labute approximate surface area is 145 Å². The second-order valence-corrected chi connectivity index (χ2v) is 5.10. The number of carbonyl (C=O) groups is 2. The maximum absolute atomic E-state index is 11.7. The van der Waals surface area contributed by atoms with Crippen LogP contribution in [0.4, 0.5) is 0 Å². The lowest BCUT2D eigenvalue weighted by Crippen LogP contribution is -2.45. The van der Waals surface area contributed by atoms with E-state index in [1.54, 1.807) is 19.2 Å². The predicted octanol–water partition coefficient (Wildman–Crippen LogP) is 0.764. The topological polar surface area (TPSA) is 102 Å². The standard InChI is InChI=1S/C15H20N4O4S/c1-10(11-6-4-5-9-16-11)18-19-15(24)17-12(14(21)23-3)7-8-13(20)22-2/h4-6,9,12H,7-8H2,1-3H3,(H2,17,19,24)/b18-10-/t12-/m1/s1. The van der Waals surface area contributed by atoms with Crippen LogP contribution in [0.15, 0.2) is 29.5 Å². The van der Waals surface area contributed by atoms with E-state index in [4.69, 9.17) is 12.2 Å². The summed E-state index contributed by atoms with van der Waals surface area (Å²) < 4.78 is 9.24. The van der Waals surface area contributed by atoms with Crippen molar-refractivity contribution >= 4 is 35.0 Å². The van der Waals surface area contributed by atoms with Gasteiger partial charge in [-0.05, 0) is 37.7 Å². The average Bonchev–Trinajstić information content (AvgIpc) is 2.62. The molecule has 0 aliphatic heterocycles. The first-order valence-corrected chi connectivity index (χ1v) is 7.55. The van der Waals surface area contributed by atoms with Gasteiger partial charge in [-0.2, -0.15) is 5.10 Å². The molecule has 1 rings (SSSR count). The molecule has 1 aromatic heterocycles. The summed E-state index contributed by atoms with van der Waals surface area (Å²) in [5, 5.41) is 7.00. The van der Waals surface area contributed by atoms with Crippen LogP contribution in [0.2, 0.25) is 0 Å². The van der Waals surface area contributed by atoms with Crippen molar-refractivity contribution in [3.05, 3.63) is 30.1 Å². The van der Waals surface area contributed by atoms with Crippen molar-refractivity contribution in [2.45, 2.75) is 25.8 Å². The summed E-state index contributed by atoms with van der Waals surface area (Å²) in [6.07, 6.45) is 1.90. The predicted molar refractivity (Wildman–Crippen MR) is 92.4 cm³/mol. The first-order chi connectivity index (χ1) is 11.5. The van der Waals surface area contributed by atoms with Crippen LogP contribution in [0.1, 0.15) is 25.5 Å². The molecule has 1 aromatic rings. The third-order valence-corrected chi connectivity index (χ3v) is 3.23. The lowest BCUT2D eigenvalue weighted by atomic mass is 10.1. The van der Waals surface area contributed by atoms with Crippen LogP contribution in [0.5, 0.6) is 0 Å². The Morgan fingerprint density at radius 3 is 2.67 bits per heavy atom. The van der Waals surface area contributed by atoms with Gasteiger partial charge in [-0.3, -0.25) is 15.2 Å². The summed E-state index contributed by atoms with van der Waals surface area (Å²) >= 11 is 5.10. The number of nitrogens with zero attached hydrogens (tertiary/aromatic N) is 2. The van der Waals surface area contributed by atoms with Crippen LogP contribution >= 0.6 is 12.2 Å². The van der Waals surface area contributed by atoms with Crippen molar-refractivity contribution in [3.8, 4) is 0 Å². The maximum Gasteiger partial charge on any atom is 0.328 e. The van der Waals surface area contributed by atoms with E-state index in [0.717, 1.165) is 0 Å². The second kappa shape index (κ2) is 10.3. The van der Waals surface area contributed by atoms with Crippen LogP contribution in [0, 0.1) is 0 Å². The Kier molecular flexibility index (Phi) is 8.34. The number of pyridine rings is 1. The van der Waals surface area contributed by atoms with Crippen molar-refractivity contribution in [1.29, 1.82) is 0 Å². The monoisotopic (exact) mass is 352 g/mol. The van der Waals surface area contributed by atoms with Gasteiger partial charge in [0.2, 0.25) is 0 Å². The summed E-state index contributed by atoms with van der Waals surface area (Å²) in [5.74, 6) is -0.956. The molecule has 0 fully saturated rings. The third kappa shape index (κ3) is 6.69. The number of hydrazone groups is 1. The molecule has 8 nitrogen and oxygen atoms in total. The number of aromatic nitrogens is 1. The Morgan fingerprint density at radius 1 is 1.33 bits per heavy atom. The number of thiocarbonyl (C=S) groups is 1. The molecule has 9 heteroatoms. The summed E-state index contributed by atoms with van der Waals surface area (Å²) in [4.78, 5) is 27.1. The van der Waals surface area contributed by atoms with Crippen LogP contribution < -0.4 is 10.7 Å². The van der Waals surface area contributed by atoms with E-state index >= 15 is 0 Å². The highest BCUT2D eigenvalue weighted by Crippen LogP contribution is 2.01. The van der Waals surface area contributed by atoms with Gasteiger partial charge >= 0.3 is 11.9 Å². The second-order valence-electron chi connectivity index (χ2n) is 4.69. The first kappa shape index (κ1) is 19.5. The van der Waals surface area contributed by atoms with Crippen molar-refractivity contribution in [2.24, 2.45) is 5.10 Å². The average molecular weight is 352 g/mol. The Bertz CT molecular complexity index is 607. The Balaban J connectivity index is 2.61. The number of ether oxygens (including phenoxy) is 2. The Hall–Kier alpha value is -2.55. The summed E-state index contributed by atoms with van der Waals surface area (Å²) in [6, 6.07) is 4.68. The fourth-order valence-electron chi connectivity index (χ4n) is 1.71. The van der Waals surface area contributed by atoms with Gasteiger partial charge in [0.05, 0.1) is 25.6 Å². The molecular formula is C15H20N4O4S. The third-order valence-electron chi connectivity index (χ3n) is 3.02. The first-order valence-electron chi connectivity index (χ1n) is 7.14. The molecule has 0 amide bonds. The molecule has 0 aromatic carbocycles. The highest BCUT2D eigenvalue weighted by molar-refractivity contribution is 7.80. The zero-order valence-corrected chi connectivity index (χ0v) is 14.6. The molecule has 0 unspecified atom stereocenters. The number of hydrogen-bond acceptors (Lipinski definition) is 7. The minimum Gasteiger partial charge on any atom is -0.469 e. The van der Waals surface area contributed by atoms with E-state index in [-0.39, 0.29) is 18.0 Å². The SMILES string of the molecule is COC(=O)CC[C@@H](NC(=S)N/N=C(/C)c1ccccn1)C(=O)OC. The maximum atomic E-state index is 11.7. The molecule has 0 spiro atoms. The highest BCUT2D eigenvalue weighted by atomic mass is 32.1. The molecule has 0 bridgehead atoms. The van der Waals surface area contributed by atoms with Crippen molar-refractivity contribution in [2.75, 3.05) is 14.2 Å². The number of rotatable bonds is 7. The van der Waals surface area contributed by atoms with E-state index in [9.17, 15) is 9.59 Å². The molecule has 130 valence electrons. The molecule has 2 N–H and O–H groups in total. The number of esters is 2. The zero-order valence-electron chi connectivity index (χ0n) is 13.7. The number of nitrogens with one attached hydrogen (secondary N) is 2. The molecule has 0 radical (unpaired) electrons. The number of hydrogen-bond donors (Lipinski definition) is 2. The van der Waals surface area contributed by atoms with Crippen molar-refractivity contribution in [1.82, 2.24) is 15.7 Å².